The van der Waals surface area contributed by atoms with Crippen molar-refractivity contribution in [3.8, 4) is 23.3 Å². The minimum Gasteiger partial charge on any atom is -0.497 e. The van der Waals surface area contributed by atoms with Crippen molar-refractivity contribution in [2.75, 3.05) is 14.2 Å². The molecule has 0 saturated carbocycles. The van der Waals surface area contributed by atoms with Crippen LogP contribution >= 0.6 is 0 Å². The van der Waals surface area contributed by atoms with Gasteiger partial charge in [0.05, 0.1) is 25.9 Å². The molecule has 5 heteroatoms. The summed E-state index contributed by atoms with van der Waals surface area (Å²) in [6.45, 7) is 0. The largest absolute Gasteiger partial charge is 0.497 e. The summed E-state index contributed by atoms with van der Waals surface area (Å²) >= 11 is 0. The summed E-state index contributed by atoms with van der Waals surface area (Å²) < 4.78 is 15.9. The van der Waals surface area contributed by atoms with Gasteiger partial charge >= 0.3 is 5.97 Å². The molecule has 0 aliphatic rings. The Morgan fingerprint density at radius 3 is 2.26 bits per heavy atom. The van der Waals surface area contributed by atoms with Gasteiger partial charge in [-0.1, -0.05) is 36.4 Å². The van der Waals surface area contributed by atoms with Gasteiger partial charge in [0, 0.05) is 6.08 Å². The molecule has 0 saturated heterocycles. The smallest absolute Gasteiger partial charge is 0.336 e. The highest BCUT2D eigenvalue weighted by Gasteiger charge is 2.10. The first-order valence-electron chi connectivity index (χ1n) is 9.52. The van der Waals surface area contributed by atoms with Gasteiger partial charge in [0.2, 0.25) is 0 Å². The summed E-state index contributed by atoms with van der Waals surface area (Å²) in [6.07, 6.45) is 4.78. The van der Waals surface area contributed by atoms with Gasteiger partial charge in [0.25, 0.3) is 0 Å². The Hall–Kier alpha value is -4.30. The summed E-state index contributed by atoms with van der Waals surface area (Å²) in [5, 5.41) is 9.56. The first-order chi connectivity index (χ1) is 15.1. The van der Waals surface area contributed by atoms with Gasteiger partial charge in [-0.05, 0) is 65.2 Å². The number of methoxy groups -OCH3 is 2. The number of allylic oxidation sites excluding steroid dienone is 1. The van der Waals surface area contributed by atoms with E-state index in [1.165, 1.54) is 13.2 Å². The minimum atomic E-state index is -0.513. The third-order valence-corrected chi connectivity index (χ3v) is 4.44. The van der Waals surface area contributed by atoms with Crippen LogP contribution in [0.15, 0.2) is 78.9 Å². The third kappa shape index (κ3) is 5.84. The minimum absolute atomic E-state index is 0.297. The molecule has 5 nitrogen and oxygen atoms in total. The number of esters is 1. The molecule has 0 heterocycles. The summed E-state index contributed by atoms with van der Waals surface area (Å²) in [5.41, 5.74) is 2.89. The van der Waals surface area contributed by atoms with E-state index in [-0.39, 0.29) is 0 Å². The Morgan fingerprint density at radius 1 is 0.871 bits per heavy atom. The quantitative estimate of drug-likeness (QED) is 0.171. The Bertz CT molecular complexity index is 1140. The highest BCUT2D eigenvalue weighted by molar-refractivity contribution is 5.91. The van der Waals surface area contributed by atoms with Gasteiger partial charge in [-0.2, -0.15) is 5.26 Å². The maximum absolute atomic E-state index is 12.2. The van der Waals surface area contributed by atoms with E-state index < -0.39 is 5.97 Å². The second kappa shape index (κ2) is 10.5. The lowest BCUT2D eigenvalue weighted by Gasteiger charge is -2.09. The van der Waals surface area contributed by atoms with Crippen molar-refractivity contribution < 1.29 is 19.0 Å². The van der Waals surface area contributed by atoms with Crippen molar-refractivity contribution in [1.29, 1.82) is 5.26 Å². The van der Waals surface area contributed by atoms with E-state index >= 15 is 0 Å². The number of ether oxygens (including phenoxy) is 3. The third-order valence-electron chi connectivity index (χ3n) is 4.44. The SMILES string of the molecule is COc1ccc(/C(C#N)=C\c2ccc(OC(=O)/C=C/c3ccccc3)c(OC)c2)cc1. The zero-order valence-electron chi connectivity index (χ0n) is 17.2. The first kappa shape index (κ1) is 21.4. The molecule has 0 radical (unpaired) electrons. The van der Waals surface area contributed by atoms with E-state index in [0.29, 0.717) is 17.1 Å². The lowest BCUT2D eigenvalue weighted by atomic mass is 10.0. The average Bonchev–Trinajstić information content (AvgIpc) is 2.82. The standard InChI is InChI=1S/C26H21NO4/c1-29-23-12-10-21(11-13-23)22(18-27)16-20-8-14-24(25(17-20)30-2)31-26(28)15-9-19-6-4-3-5-7-19/h3-17H,1-2H3/b15-9+,22-16-. The van der Waals surface area contributed by atoms with Crippen LogP contribution in [0.3, 0.4) is 0 Å². The highest BCUT2D eigenvalue weighted by Crippen LogP contribution is 2.30. The molecule has 31 heavy (non-hydrogen) atoms. The predicted molar refractivity (Wildman–Crippen MR) is 121 cm³/mol. The van der Waals surface area contributed by atoms with E-state index in [2.05, 4.69) is 6.07 Å². The van der Waals surface area contributed by atoms with Crippen molar-refractivity contribution in [3.05, 3.63) is 95.6 Å². The molecule has 0 bridgehead atoms. The zero-order chi connectivity index (χ0) is 22.1. The van der Waals surface area contributed by atoms with Crippen LogP contribution in [0.1, 0.15) is 16.7 Å². The van der Waals surface area contributed by atoms with Crippen LogP contribution in [0.4, 0.5) is 0 Å². The van der Waals surface area contributed by atoms with Crippen molar-refractivity contribution >= 4 is 23.7 Å². The molecule has 0 N–H and O–H groups in total. The van der Waals surface area contributed by atoms with Crippen molar-refractivity contribution in [2.24, 2.45) is 0 Å². The molecule has 0 atom stereocenters. The molecule has 3 rings (SSSR count). The van der Waals surface area contributed by atoms with Gasteiger partial charge in [-0.25, -0.2) is 4.79 Å². The van der Waals surface area contributed by atoms with Crippen LogP contribution < -0.4 is 14.2 Å². The van der Waals surface area contributed by atoms with Crippen LogP contribution in [0.2, 0.25) is 0 Å². The van der Waals surface area contributed by atoms with E-state index in [0.717, 1.165) is 22.4 Å². The highest BCUT2D eigenvalue weighted by atomic mass is 16.6. The summed E-state index contributed by atoms with van der Waals surface area (Å²) in [4.78, 5) is 12.2. The number of benzene rings is 3. The van der Waals surface area contributed by atoms with E-state index in [1.807, 2.05) is 42.5 Å². The molecule has 154 valence electrons. The van der Waals surface area contributed by atoms with Crippen LogP contribution in [-0.2, 0) is 4.79 Å². The second-order valence-corrected chi connectivity index (χ2v) is 6.47. The fourth-order valence-corrected chi connectivity index (χ4v) is 2.85. The number of rotatable bonds is 7. The molecule has 0 amide bonds. The Morgan fingerprint density at radius 2 is 1.61 bits per heavy atom. The average molecular weight is 411 g/mol. The maximum Gasteiger partial charge on any atom is 0.336 e. The molecule has 0 unspecified atom stereocenters. The number of carbonyl (C=O) groups is 1. The molecule has 3 aromatic rings. The van der Waals surface area contributed by atoms with Crippen LogP contribution in [0.5, 0.6) is 17.2 Å². The van der Waals surface area contributed by atoms with Crippen molar-refractivity contribution in [1.82, 2.24) is 0 Å². The number of hydrogen-bond acceptors (Lipinski definition) is 5. The molecule has 0 spiro atoms. The number of nitrogens with zero attached hydrogens (tertiary/aromatic N) is 1. The van der Waals surface area contributed by atoms with Gasteiger partial charge in [-0.3, -0.25) is 0 Å². The Balaban J connectivity index is 1.78. The second-order valence-electron chi connectivity index (χ2n) is 6.47. The monoisotopic (exact) mass is 411 g/mol. The van der Waals surface area contributed by atoms with Crippen molar-refractivity contribution in [3.63, 3.8) is 0 Å². The molecule has 0 aromatic heterocycles. The van der Waals surface area contributed by atoms with Crippen molar-refractivity contribution in [2.45, 2.75) is 0 Å². The predicted octanol–water partition coefficient (Wildman–Crippen LogP) is 5.39. The molecular formula is C26H21NO4. The van der Waals surface area contributed by atoms with E-state index in [9.17, 15) is 10.1 Å². The summed E-state index contributed by atoms with van der Waals surface area (Å²) in [6, 6.07) is 24.0. The fraction of sp³-hybridized carbons (Fsp3) is 0.0769. The van der Waals surface area contributed by atoms with Gasteiger partial charge in [-0.15, -0.1) is 0 Å². The molecule has 0 aliphatic heterocycles. The topological polar surface area (TPSA) is 68.5 Å². The van der Waals surface area contributed by atoms with Gasteiger partial charge in [0.15, 0.2) is 11.5 Å². The summed E-state index contributed by atoms with van der Waals surface area (Å²) in [5.74, 6) is 0.893. The maximum atomic E-state index is 12.2. The number of carbonyl (C=O) groups excluding carboxylic acids is 1. The lowest BCUT2D eigenvalue weighted by Crippen LogP contribution is -2.05. The number of hydrogen-bond donors (Lipinski definition) is 0. The molecular weight excluding hydrogens is 390 g/mol. The van der Waals surface area contributed by atoms with Crippen LogP contribution in [-0.4, -0.2) is 20.2 Å². The summed E-state index contributed by atoms with van der Waals surface area (Å²) in [7, 11) is 3.09. The molecule has 0 fully saturated rings. The fourth-order valence-electron chi connectivity index (χ4n) is 2.85. The normalized spacial score (nSPS) is 11.1. The van der Waals surface area contributed by atoms with Gasteiger partial charge < -0.3 is 14.2 Å². The van der Waals surface area contributed by atoms with Gasteiger partial charge in [0.1, 0.15) is 5.75 Å². The van der Waals surface area contributed by atoms with Crippen LogP contribution in [0, 0.1) is 11.3 Å². The van der Waals surface area contributed by atoms with E-state index in [4.69, 9.17) is 14.2 Å². The first-order valence-corrected chi connectivity index (χ1v) is 9.52. The lowest BCUT2D eigenvalue weighted by molar-refractivity contribution is -0.129. The Labute approximate surface area is 181 Å². The molecule has 0 aliphatic carbocycles. The Kier molecular flexibility index (Phi) is 7.23. The van der Waals surface area contributed by atoms with E-state index in [1.54, 1.807) is 49.6 Å². The molecule has 3 aromatic carbocycles. The zero-order valence-corrected chi connectivity index (χ0v) is 17.2. The number of nitriles is 1. The van der Waals surface area contributed by atoms with Crippen LogP contribution in [0.25, 0.3) is 17.7 Å².